The molecule has 0 saturated heterocycles. The van der Waals surface area contributed by atoms with Gasteiger partial charge in [0.1, 0.15) is 0 Å². The predicted octanol–water partition coefficient (Wildman–Crippen LogP) is 1.88. The van der Waals surface area contributed by atoms with Crippen molar-refractivity contribution >= 4 is 21.9 Å². The summed E-state index contributed by atoms with van der Waals surface area (Å²) in [7, 11) is -0.670. The Morgan fingerprint density at radius 2 is 1.67 bits per heavy atom. The summed E-state index contributed by atoms with van der Waals surface area (Å²) >= 11 is 0. The van der Waals surface area contributed by atoms with E-state index in [0.29, 0.717) is 12.0 Å². The van der Waals surface area contributed by atoms with Crippen molar-refractivity contribution in [1.82, 2.24) is 9.62 Å². The van der Waals surface area contributed by atoms with Gasteiger partial charge in [-0.05, 0) is 35.7 Å². The van der Waals surface area contributed by atoms with Crippen molar-refractivity contribution in [2.45, 2.75) is 24.3 Å². The molecule has 0 saturated carbocycles. The van der Waals surface area contributed by atoms with Gasteiger partial charge in [-0.3, -0.25) is 4.79 Å². The lowest BCUT2D eigenvalue weighted by Gasteiger charge is -2.15. The third kappa shape index (κ3) is 5.38. The van der Waals surface area contributed by atoms with Crippen molar-refractivity contribution in [3.8, 4) is 0 Å². The zero-order valence-corrected chi connectivity index (χ0v) is 16.0. The number of carbonyl (C=O) groups is 2. The number of aryl methyl sites for hydroxylation is 1. The number of carboxylic acids is 1. The van der Waals surface area contributed by atoms with E-state index in [1.54, 1.807) is 30.3 Å². The molecule has 0 aliphatic carbocycles. The monoisotopic (exact) mass is 390 g/mol. The molecule has 7 nitrogen and oxygen atoms in total. The second-order valence-corrected chi connectivity index (χ2v) is 8.29. The van der Waals surface area contributed by atoms with E-state index >= 15 is 0 Å². The Morgan fingerprint density at radius 3 is 2.26 bits per heavy atom. The summed E-state index contributed by atoms with van der Waals surface area (Å²) in [5.74, 6) is -1.21. The zero-order valence-electron chi connectivity index (χ0n) is 15.2. The van der Waals surface area contributed by atoms with E-state index in [4.69, 9.17) is 5.11 Å². The first-order chi connectivity index (χ1) is 12.7. The van der Waals surface area contributed by atoms with Gasteiger partial charge in [0.25, 0.3) is 0 Å². The van der Waals surface area contributed by atoms with E-state index < -0.39 is 16.0 Å². The summed E-state index contributed by atoms with van der Waals surface area (Å²) in [5, 5.41) is 11.6. The van der Waals surface area contributed by atoms with E-state index in [9.17, 15) is 18.0 Å². The highest BCUT2D eigenvalue weighted by molar-refractivity contribution is 7.89. The normalized spacial score (nSPS) is 11.4. The molecule has 2 N–H and O–H groups in total. The fourth-order valence-corrected chi connectivity index (χ4v) is 3.57. The van der Waals surface area contributed by atoms with Crippen molar-refractivity contribution in [2.24, 2.45) is 0 Å². The lowest BCUT2D eigenvalue weighted by molar-refractivity contribution is -0.121. The molecule has 27 heavy (non-hydrogen) atoms. The van der Waals surface area contributed by atoms with Gasteiger partial charge in [-0.15, -0.1) is 0 Å². The van der Waals surface area contributed by atoms with E-state index in [2.05, 4.69) is 5.32 Å². The van der Waals surface area contributed by atoms with Crippen LogP contribution in [-0.4, -0.2) is 43.8 Å². The average Bonchev–Trinajstić information content (AvgIpc) is 2.65. The zero-order chi connectivity index (χ0) is 20.0. The third-order valence-electron chi connectivity index (χ3n) is 4.05. The fourth-order valence-electron chi connectivity index (χ4n) is 2.45. The SMILES string of the molecule is CN(C)S(=O)(=O)c1ccccc1CNC(=O)CCc1ccc(C(=O)O)cc1. The summed E-state index contributed by atoms with van der Waals surface area (Å²) in [4.78, 5) is 23.1. The molecule has 0 spiro atoms. The van der Waals surface area contributed by atoms with Crippen molar-refractivity contribution in [2.75, 3.05) is 14.1 Å². The molecule has 144 valence electrons. The van der Waals surface area contributed by atoms with E-state index in [0.717, 1.165) is 9.87 Å². The van der Waals surface area contributed by atoms with Crippen LogP contribution in [0.4, 0.5) is 0 Å². The highest BCUT2D eigenvalue weighted by Crippen LogP contribution is 2.18. The Kier molecular flexibility index (Phi) is 6.70. The van der Waals surface area contributed by atoms with Gasteiger partial charge in [0.15, 0.2) is 0 Å². The van der Waals surface area contributed by atoms with E-state index in [1.807, 2.05) is 0 Å². The molecular formula is C19H22N2O5S. The number of nitrogens with zero attached hydrogens (tertiary/aromatic N) is 1. The van der Waals surface area contributed by atoms with Gasteiger partial charge in [-0.25, -0.2) is 17.5 Å². The van der Waals surface area contributed by atoms with Crippen LogP contribution in [0.25, 0.3) is 0 Å². The first-order valence-corrected chi connectivity index (χ1v) is 9.75. The minimum Gasteiger partial charge on any atom is -0.478 e. The van der Waals surface area contributed by atoms with Crippen LogP contribution in [0, 0.1) is 0 Å². The molecule has 8 heteroatoms. The number of benzene rings is 2. The first-order valence-electron chi connectivity index (χ1n) is 8.31. The Bertz CT molecular complexity index is 921. The number of carbonyl (C=O) groups excluding carboxylic acids is 1. The second-order valence-electron chi connectivity index (χ2n) is 6.17. The summed E-state index contributed by atoms with van der Waals surface area (Å²) in [6.45, 7) is 0.111. The van der Waals surface area contributed by atoms with Crippen LogP contribution >= 0.6 is 0 Å². The van der Waals surface area contributed by atoms with Crippen molar-refractivity contribution in [1.29, 1.82) is 0 Å². The standard InChI is InChI=1S/C19H22N2O5S/c1-21(2)27(25,26)17-6-4-3-5-16(17)13-20-18(22)12-9-14-7-10-15(11-8-14)19(23)24/h3-8,10-11H,9,12-13H2,1-2H3,(H,20,22)(H,23,24). The summed E-state index contributed by atoms with van der Waals surface area (Å²) in [6, 6.07) is 12.9. The maximum Gasteiger partial charge on any atom is 0.335 e. The molecule has 0 aliphatic rings. The highest BCUT2D eigenvalue weighted by Gasteiger charge is 2.20. The number of aromatic carboxylic acids is 1. The predicted molar refractivity (Wildman–Crippen MR) is 101 cm³/mol. The van der Waals surface area contributed by atoms with Gasteiger partial charge in [-0.1, -0.05) is 30.3 Å². The van der Waals surface area contributed by atoms with Gasteiger partial charge >= 0.3 is 5.97 Å². The third-order valence-corrected chi connectivity index (χ3v) is 5.96. The molecule has 0 radical (unpaired) electrons. The minimum absolute atomic E-state index is 0.111. The molecule has 0 unspecified atom stereocenters. The molecule has 0 aliphatic heterocycles. The van der Waals surface area contributed by atoms with Gasteiger partial charge in [0.2, 0.25) is 15.9 Å². The van der Waals surface area contributed by atoms with Gasteiger partial charge in [0, 0.05) is 27.1 Å². The van der Waals surface area contributed by atoms with Crippen LogP contribution < -0.4 is 5.32 Å². The van der Waals surface area contributed by atoms with E-state index in [1.165, 1.54) is 32.3 Å². The van der Waals surface area contributed by atoms with Crippen molar-refractivity contribution < 1.29 is 23.1 Å². The van der Waals surface area contributed by atoms with Gasteiger partial charge < -0.3 is 10.4 Å². The number of carboxylic acid groups (broad SMARTS) is 1. The van der Waals surface area contributed by atoms with Crippen LogP contribution in [0.1, 0.15) is 27.9 Å². The molecule has 0 heterocycles. The molecule has 0 aromatic heterocycles. The molecule has 1 amide bonds. The molecule has 0 fully saturated rings. The first kappa shape index (κ1) is 20.6. The largest absolute Gasteiger partial charge is 0.478 e. The van der Waals surface area contributed by atoms with Gasteiger partial charge in [0.05, 0.1) is 10.5 Å². The van der Waals surface area contributed by atoms with Crippen LogP contribution in [0.15, 0.2) is 53.4 Å². The summed E-state index contributed by atoms with van der Waals surface area (Å²) in [5.41, 5.74) is 1.57. The Labute approximate surface area is 158 Å². The van der Waals surface area contributed by atoms with Crippen molar-refractivity contribution in [3.05, 3.63) is 65.2 Å². The van der Waals surface area contributed by atoms with Gasteiger partial charge in [-0.2, -0.15) is 0 Å². The van der Waals surface area contributed by atoms with E-state index in [-0.39, 0.29) is 29.3 Å². The smallest absolute Gasteiger partial charge is 0.335 e. The summed E-state index contributed by atoms with van der Waals surface area (Å²) < 4.78 is 25.8. The van der Waals surface area contributed by atoms with Crippen LogP contribution in [0.2, 0.25) is 0 Å². The number of nitrogens with one attached hydrogen (secondary N) is 1. The number of hydrogen-bond donors (Lipinski definition) is 2. The number of rotatable bonds is 8. The Hall–Kier alpha value is -2.71. The van der Waals surface area contributed by atoms with Crippen LogP contribution in [-0.2, 0) is 27.8 Å². The quantitative estimate of drug-likeness (QED) is 0.716. The molecule has 0 atom stereocenters. The molecule has 2 rings (SSSR count). The minimum atomic E-state index is -3.59. The lowest BCUT2D eigenvalue weighted by atomic mass is 10.1. The second kappa shape index (κ2) is 8.79. The summed E-state index contributed by atoms with van der Waals surface area (Å²) in [6.07, 6.45) is 0.679. The molecule has 2 aromatic rings. The fraction of sp³-hybridized carbons (Fsp3) is 0.263. The maximum atomic E-state index is 12.4. The highest BCUT2D eigenvalue weighted by atomic mass is 32.2. The lowest BCUT2D eigenvalue weighted by Crippen LogP contribution is -2.27. The number of amides is 1. The Morgan fingerprint density at radius 1 is 1.04 bits per heavy atom. The van der Waals surface area contributed by atoms with Crippen LogP contribution in [0.5, 0.6) is 0 Å². The number of hydrogen-bond acceptors (Lipinski definition) is 4. The Balaban J connectivity index is 1.95. The molecule has 2 aromatic carbocycles. The van der Waals surface area contributed by atoms with Crippen LogP contribution in [0.3, 0.4) is 0 Å². The topological polar surface area (TPSA) is 104 Å². The average molecular weight is 390 g/mol. The molecule has 0 bridgehead atoms. The number of sulfonamides is 1. The van der Waals surface area contributed by atoms with Crippen molar-refractivity contribution in [3.63, 3.8) is 0 Å². The molecular weight excluding hydrogens is 368 g/mol. The maximum absolute atomic E-state index is 12.4.